The summed E-state index contributed by atoms with van der Waals surface area (Å²) < 4.78 is 0. The predicted molar refractivity (Wildman–Crippen MR) is 45.3 cm³/mol. The van der Waals surface area contributed by atoms with E-state index in [0.717, 1.165) is 12.8 Å². The number of imide groups is 1. The molecule has 0 aliphatic heterocycles. The van der Waals surface area contributed by atoms with Crippen LogP contribution in [0.3, 0.4) is 0 Å². The standard InChI is InChI=1S/C9H13NO2/c1-7(11)10(2)9(12)8-5-3-4-6-8/h3-4,8H,5-6H2,1-2H3. The van der Waals surface area contributed by atoms with Crippen LogP contribution < -0.4 is 0 Å². The Balaban J connectivity index is 2.52. The summed E-state index contributed by atoms with van der Waals surface area (Å²) in [4.78, 5) is 23.5. The highest BCUT2D eigenvalue weighted by Crippen LogP contribution is 2.19. The van der Waals surface area contributed by atoms with Crippen LogP contribution in [0.5, 0.6) is 0 Å². The number of carbonyl (C=O) groups is 2. The Morgan fingerprint density at radius 2 is 1.83 bits per heavy atom. The van der Waals surface area contributed by atoms with Crippen LogP contribution in [0.4, 0.5) is 0 Å². The van der Waals surface area contributed by atoms with Crippen molar-refractivity contribution >= 4 is 11.8 Å². The third kappa shape index (κ3) is 1.72. The lowest BCUT2D eigenvalue weighted by molar-refractivity contribution is -0.144. The van der Waals surface area contributed by atoms with Crippen molar-refractivity contribution in [3.63, 3.8) is 0 Å². The number of carbonyl (C=O) groups excluding carboxylic acids is 2. The molecule has 66 valence electrons. The van der Waals surface area contributed by atoms with Crippen LogP contribution in [-0.4, -0.2) is 23.8 Å². The van der Waals surface area contributed by atoms with Gasteiger partial charge in [-0.1, -0.05) is 12.2 Å². The minimum absolute atomic E-state index is 0.00102. The first-order chi connectivity index (χ1) is 5.63. The molecule has 1 aliphatic carbocycles. The fourth-order valence-electron chi connectivity index (χ4n) is 1.25. The Kier molecular flexibility index (Phi) is 2.63. The topological polar surface area (TPSA) is 37.4 Å². The molecule has 0 atom stereocenters. The zero-order chi connectivity index (χ0) is 9.14. The third-order valence-corrected chi connectivity index (χ3v) is 2.16. The Morgan fingerprint density at radius 1 is 1.33 bits per heavy atom. The number of nitrogens with zero attached hydrogens (tertiary/aromatic N) is 1. The van der Waals surface area contributed by atoms with Gasteiger partial charge >= 0.3 is 0 Å². The van der Waals surface area contributed by atoms with E-state index in [9.17, 15) is 9.59 Å². The van der Waals surface area contributed by atoms with E-state index in [1.54, 1.807) is 0 Å². The van der Waals surface area contributed by atoms with Crippen LogP contribution in [0.25, 0.3) is 0 Å². The molecular weight excluding hydrogens is 154 g/mol. The average Bonchev–Trinajstić information content (AvgIpc) is 2.53. The highest BCUT2D eigenvalue weighted by Gasteiger charge is 2.24. The first kappa shape index (κ1) is 8.97. The second kappa shape index (κ2) is 3.52. The van der Waals surface area contributed by atoms with E-state index in [-0.39, 0.29) is 17.7 Å². The fraction of sp³-hybridized carbons (Fsp3) is 0.556. The van der Waals surface area contributed by atoms with Gasteiger partial charge in [-0.25, -0.2) is 0 Å². The van der Waals surface area contributed by atoms with Crippen LogP contribution in [0.2, 0.25) is 0 Å². The monoisotopic (exact) mass is 167 g/mol. The molecule has 0 saturated heterocycles. The van der Waals surface area contributed by atoms with Crippen LogP contribution in [0, 0.1) is 5.92 Å². The van der Waals surface area contributed by atoms with Crippen LogP contribution in [0.15, 0.2) is 12.2 Å². The van der Waals surface area contributed by atoms with Gasteiger partial charge < -0.3 is 0 Å². The quantitative estimate of drug-likeness (QED) is 0.545. The molecule has 1 aliphatic rings. The van der Waals surface area contributed by atoms with Gasteiger partial charge in [-0.3, -0.25) is 14.5 Å². The van der Waals surface area contributed by atoms with Crippen LogP contribution in [0.1, 0.15) is 19.8 Å². The van der Waals surface area contributed by atoms with Gasteiger partial charge in [0.05, 0.1) is 0 Å². The molecule has 0 bridgehead atoms. The molecule has 0 N–H and O–H groups in total. The maximum absolute atomic E-state index is 11.5. The highest BCUT2D eigenvalue weighted by atomic mass is 16.2. The van der Waals surface area contributed by atoms with Crippen molar-refractivity contribution in [3.05, 3.63) is 12.2 Å². The van der Waals surface area contributed by atoms with E-state index in [4.69, 9.17) is 0 Å². The molecule has 1 rings (SSSR count). The molecule has 0 radical (unpaired) electrons. The molecule has 0 fully saturated rings. The highest BCUT2D eigenvalue weighted by molar-refractivity contribution is 5.95. The van der Waals surface area contributed by atoms with Crippen molar-refractivity contribution in [2.45, 2.75) is 19.8 Å². The smallest absolute Gasteiger partial charge is 0.232 e. The summed E-state index contributed by atoms with van der Waals surface area (Å²) in [5, 5.41) is 0. The van der Waals surface area contributed by atoms with Crippen LogP contribution in [-0.2, 0) is 9.59 Å². The molecular formula is C9H13NO2. The maximum Gasteiger partial charge on any atom is 0.232 e. The molecule has 0 spiro atoms. The summed E-state index contributed by atoms with van der Waals surface area (Å²) in [6.45, 7) is 1.40. The first-order valence-electron chi connectivity index (χ1n) is 4.06. The molecule has 0 aromatic rings. The Morgan fingerprint density at radius 3 is 2.25 bits per heavy atom. The number of rotatable bonds is 1. The molecule has 0 aromatic heterocycles. The van der Waals surface area contributed by atoms with Crippen molar-refractivity contribution < 1.29 is 9.59 Å². The summed E-state index contributed by atoms with van der Waals surface area (Å²) in [6.07, 6.45) is 5.51. The number of allylic oxidation sites excluding steroid dienone is 2. The molecule has 3 nitrogen and oxygen atoms in total. The number of hydrogen-bond acceptors (Lipinski definition) is 2. The molecule has 2 amide bonds. The van der Waals surface area contributed by atoms with E-state index in [2.05, 4.69) is 0 Å². The zero-order valence-electron chi connectivity index (χ0n) is 7.41. The minimum atomic E-state index is -0.188. The Labute approximate surface area is 72.0 Å². The summed E-state index contributed by atoms with van der Waals surface area (Å²) in [6, 6.07) is 0. The summed E-state index contributed by atoms with van der Waals surface area (Å²) >= 11 is 0. The summed E-state index contributed by atoms with van der Waals surface area (Å²) in [5.74, 6) is -0.252. The minimum Gasteiger partial charge on any atom is -0.286 e. The lowest BCUT2D eigenvalue weighted by Gasteiger charge is -2.16. The van der Waals surface area contributed by atoms with Gasteiger partial charge in [-0.15, -0.1) is 0 Å². The number of hydrogen-bond donors (Lipinski definition) is 0. The van der Waals surface area contributed by atoms with Crippen molar-refractivity contribution in [2.24, 2.45) is 5.92 Å². The van der Waals surface area contributed by atoms with Crippen molar-refractivity contribution in [1.29, 1.82) is 0 Å². The van der Waals surface area contributed by atoms with E-state index < -0.39 is 0 Å². The normalized spacial score (nSPS) is 16.5. The van der Waals surface area contributed by atoms with Gasteiger partial charge in [0, 0.05) is 19.9 Å². The van der Waals surface area contributed by atoms with Gasteiger partial charge in [-0.2, -0.15) is 0 Å². The second-order valence-corrected chi connectivity index (χ2v) is 3.06. The van der Waals surface area contributed by atoms with Gasteiger partial charge in [0.2, 0.25) is 11.8 Å². The van der Waals surface area contributed by atoms with Gasteiger partial charge in [-0.05, 0) is 12.8 Å². The van der Waals surface area contributed by atoms with E-state index in [1.165, 1.54) is 18.9 Å². The summed E-state index contributed by atoms with van der Waals surface area (Å²) in [7, 11) is 1.53. The first-order valence-corrected chi connectivity index (χ1v) is 4.06. The van der Waals surface area contributed by atoms with E-state index in [1.807, 2.05) is 12.2 Å². The Hall–Kier alpha value is -1.12. The van der Waals surface area contributed by atoms with E-state index >= 15 is 0 Å². The molecule has 0 heterocycles. The van der Waals surface area contributed by atoms with Gasteiger partial charge in [0.1, 0.15) is 0 Å². The predicted octanol–water partition coefficient (Wildman–Crippen LogP) is 0.957. The Bertz CT molecular complexity index is 225. The van der Waals surface area contributed by atoms with Crippen molar-refractivity contribution in [1.82, 2.24) is 4.90 Å². The van der Waals surface area contributed by atoms with Crippen LogP contribution >= 0.6 is 0 Å². The molecule has 3 heteroatoms. The summed E-state index contributed by atoms with van der Waals surface area (Å²) in [5.41, 5.74) is 0. The maximum atomic E-state index is 11.5. The average molecular weight is 167 g/mol. The lowest BCUT2D eigenvalue weighted by Crippen LogP contribution is -2.35. The zero-order valence-corrected chi connectivity index (χ0v) is 7.41. The molecule has 0 unspecified atom stereocenters. The second-order valence-electron chi connectivity index (χ2n) is 3.06. The SMILES string of the molecule is CC(=O)N(C)C(=O)C1CC=CC1. The van der Waals surface area contributed by atoms with Gasteiger partial charge in [0.25, 0.3) is 0 Å². The molecule has 0 aromatic carbocycles. The largest absolute Gasteiger partial charge is 0.286 e. The van der Waals surface area contributed by atoms with Crippen molar-refractivity contribution in [2.75, 3.05) is 7.05 Å². The number of amides is 2. The molecule has 0 saturated carbocycles. The fourth-order valence-corrected chi connectivity index (χ4v) is 1.25. The molecule has 12 heavy (non-hydrogen) atoms. The van der Waals surface area contributed by atoms with Gasteiger partial charge in [0.15, 0.2) is 0 Å². The third-order valence-electron chi connectivity index (χ3n) is 2.16. The van der Waals surface area contributed by atoms with Crippen molar-refractivity contribution in [3.8, 4) is 0 Å². The lowest BCUT2D eigenvalue weighted by atomic mass is 10.1. The van der Waals surface area contributed by atoms with E-state index in [0.29, 0.717) is 0 Å².